The van der Waals surface area contributed by atoms with Crippen molar-refractivity contribution in [3.8, 4) is 0 Å². The lowest BCUT2D eigenvalue weighted by atomic mass is 9.91. The molecule has 24 heavy (non-hydrogen) atoms. The summed E-state index contributed by atoms with van der Waals surface area (Å²) in [7, 11) is 0. The topological polar surface area (TPSA) is 0 Å². The third kappa shape index (κ3) is 15.8. The molecule has 0 aliphatic carbocycles. The van der Waals surface area contributed by atoms with E-state index in [0.29, 0.717) is 0 Å². The van der Waals surface area contributed by atoms with Crippen molar-refractivity contribution in [1.82, 2.24) is 0 Å². The average molecular weight is 359 g/mol. The van der Waals surface area contributed by atoms with E-state index in [4.69, 9.17) is 11.6 Å². The maximum atomic E-state index is 6.89. The van der Waals surface area contributed by atoms with Crippen LogP contribution in [0.2, 0.25) is 0 Å². The van der Waals surface area contributed by atoms with Crippen molar-refractivity contribution in [2.75, 3.05) is 0 Å². The minimum atomic E-state index is 0.102. The van der Waals surface area contributed by atoms with Gasteiger partial charge in [-0.15, -0.1) is 11.6 Å². The highest BCUT2D eigenvalue weighted by Gasteiger charge is 2.23. The molecule has 0 saturated carbocycles. The van der Waals surface area contributed by atoms with Gasteiger partial charge in [-0.05, 0) is 19.3 Å². The van der Waals surface area contributed by atoms with Crippen LogP contribution in [0.15, 0.2) is 0 Å². The van der Waals surface area contributed by atoms with E-state index in [0.717, 1.165) is 6.42 Å². The van der Waals surface area contributed by atoms with Gasteiger partial charge in [0, 0.05) is 4.87 Å². The van der Waals surface area contributed by atoms with Crippen molar-refractivity contribution in [3.63, 3.8) is 0 Å². The summed E-state index contributed by atoms with van der Waals surface area (Å²) in [5, 5.41) is 0. The summed E-state index contributed by atoms with van der Waals surface area (Å²) >= 11 is 6.89. The molecular weight excluding hydrogens is 312 g/mol. The van der Waals surface area contributed by atoms with E-state index in [9.17, 15) is 0 Å². The number of rotatable bonds is 19. The Kier molecular flexibility index (Phi) is 18.3. The van der Waals surface area contributed by atoms with E-state index in [1.54, 1.807) is 0 Å². The van der Waals surface area contributed by atoms with E-state index in [1.807, 2.05) is 0 Å². The van der Waals surface area contributed by atoms with Crippen LogP contribution in [0, 0.1) is 0 Å². The Bertz CT molecular complexity index is 216. The molecule has 0 aliphatic rings. The average Bonchev–Trinajstić information content (AvgIpc) is 2.59. The normalized spacial score (nSPS) is 12.0. The van der Waals surface area contributed by atoms with Crippen LogP contribution < -0.4 is 0 Å². The highest BCUT2D eigenvalue weighted by molar-refractivity contribution is 6.23. The fourth-order valence-corrected chi connectivity index (χ4v) is 3.90. The SMILES string of the molecule is CCCCCCCCCCC(Cl)(CC)CCCCCCCCCC. The van der Waals surface area contributed by atoms with Crippen molar-refractivity contribution in [1.29, 1.82) is 0 Å². The zero-order chi connectivity index (χ0) is 17.9. The van der Waals surface area contributed by atoms with Gasteiger partial charge < -0.3 is 0 Å². The van der Waals surface area contributed by atoms with Gasteiger partial charge in [0.15, 0.2) is 0 Å². The smallest absolute Gasteiger partial charge is 0.0444 e. The molecule has 1 heteroatoms. The molecule has 0 aromatic rings. The molecule has 0 unspecified atom stereocenters. The summed E-state index contributed by atoms with van der Waals surface area (Å²) in [4.78, 5) is 0.102. The van der Waals surface area contributed by atoms with Gasteiger partial charge in [-0.25, -0.2) is 0 Å². The van der Waals surface area contributed by atoms with E-state index >= 15 is 0 Å². The molecule has 0 spiro atoms. The van der Waals surface area contributed by atoms with Crippen molar-refractivity contribution < 1.29 is 0 Å². The molecule has 0 nitrogen and oxygen atoms in total. The first kappa shape index (κ1) is 24.3. The Morgan fingerprint density at radius 3 is 1.04 bits per heavy atom. The van der Waals surface area contributed by atoms with E-state index in [2.05, 4.69) is 20.8 Å². The number of alkyl halides is 1. The van der Waals surface area contributed by atoms with Gasteiger partial charge in [-0.1, -0.05) is 124 Å². The molecule has 0 N–H and O–H groups in total. The first-order valence-corrected chi connectivity index (χ1v) is 11.7. The summed E-state index contributed by atoms with van der Waals surface area (Å²) in [5.41, 5.74) is 0. The van der Waals surface area contributed by atoms with Gasteiger partial charge in [0.25, 0.3) is 0 Å². The lowest BCUT2D eigenvalue weighted by molar-refractivity contribution is 0.422. The molecule has 0 radical (unpaired) electrons. The van der Waals surface area contributed by atoms with Crippen LogP contribution in [0.4, 0.5) is 0 Å². The highest BCUT2D eigenvalue weighted by Crippen LogP contribution is 2.33. The Balaban J connectivity index is 3.51. The van der Waals surface area contributed by atoms with Gasteiger partial charge >= 0.3 is 0 Å². The first-order valence-electron chi connectivity index (χ1n) is 11.4. The molecule has 0 heterocycles. The Hall–Kier alpha value is 0.290. The second kappa shape index (κ2) is 18.1. The fraction of sp³-hybridized carbons (Fsp3) is 1.00. The molecule has 0 aromatic carbocycles. The quantitative estimate of drug-likeness (QED) is 0.159. The first-order chi connectivity index (χ1) is 11.7. The van der Waals surface area contributed by atoms with Crippen molar-refractivity contribution >= 4 is 11.6 Å². The van der Waals surface area contributed by atoms with Crippen molar-refractivity contribution in [2.45, 2.75) is 148 Å². The molecule has 0 fully saturated rings. The van der Waals surface area contributed by atoms with Crippen LogP contribution >= 0.6 is 11.6 Å². The zero-order valence-corrected chi connectivity index (χ0v) is 18.1. The van der Waals surface area contributed by atoms with Crippen LogP contribution in [0.25, 0.3) is 0 Å². The van der Waals surface area contributed by atoms with Gasteiger partial charge in [-0.3, -0.25) is 0 Å². The molecule has 0 saturated heterocycles. The Labute approximate surface area is 159 Å². The summed E-state index contributed by atoms with van der Waals surface area (Å²) in [5.74, 6) is 0. The second-order valence-corrected chi connectivity index (χ2v) is 8.76. The number of hydrogen-bond donors (Lipinski definition) is 0. The van der Waals surface area contributed by atoms with Gasteiger partial charge in [0.1, 0.15) is 0 Å². The lowest BCUT2D eigenvalue weighted by Crippen LogP contribution is -2.20. The summed E-state index contributed by atoms with van der Waals surface area (Å²) in [6.07, 6.45) is 26.0. The van der Waals surface area contributed by atoms with E-state index in [-0.39, 0.29) is 4.87 Å². The van der Waals surface area contributed by atoms with Gasteiger partial charge in [-0.2, -0.15) is 0 Å². The van der Waals surface area contributed by atoms with Crippen LogP contribution in [-0.4, -0.2) is 4.87 Å². The second-order valence-electron chi connectivity index (χ2n) is 7.95. The van der Waals surface area contributed by atoms with Gasteiger partial charge in [0.2, 0.25) is 0 Å². The molecule has 0 bridgehead atoms. The standard InChI is InChI=1S/C23H47Cl/c1-4-7-9-11-13-15-17-19-21-23(24,6-3)22-20-18-16-14-12-10-8-5-2/h4-22H2,1-3H3. The molecular formula is C23H47Cl. The number of hydrogen-bond acceptors (Lipinski definition) is 0. The van der Waals surface area contributed by atoms with Gasteiger partial charge in [0.05, 0.1) is 0 Å². The molecule has 0 aromatic heterocycles. The number of halogens is 1. The third-order valence-electron chi connectivity index (χ3n) is 5.59. The third-order valence-corrected chi connectivity index (χ3v) is 6.24. The Morgan fingerprint density at radius 2 is 0.750 bits per heavy atom. The largest absolute Gasteiger partial charge is 0.119 e. The van der Waals surface area contributed by atoms with Crippen molar-refractivity contribution in [3.05, 3.63) is 0 Å². The minimum Gasteiger partial charge on any atom is -0.119 e. The highest BCUT2D eigenvalue weighted by atomic mass is 35.5. The van der Waals surface area contributed by atoms with Crippen molar-refractivity contribution in [2.24, 2.45) is 0 Å². The fourth-order valence-electron chi connectivity index (χ4n) is 3.63. The predicted molar refractivity (Wildman–Crippen MR) is 113 cm³/mol. The molecule has 0 rings (SSSR count). The maximum Gasteiger partial charge on any atom is 0.0444 e. The number of unbranched alkanes of at least 4 members (excludes halogenated alkanes) is 14. The molecule has 0 atom stereocenters. The molecule has 0 aliphatic heterocycles. The molecule has 146 valence electrons. The lowest BCUT2D eigenvalue weighted by Gasteiger charge is -2.25. The minimum absolute atomic E-state index is 0.102. The maximum absolute atomic E-state index is 6.89. The predicted octanol–water partition coefficient (Wildman–Crippen LogP) is 9.44. The van der Waals surface area contributed by atoms with E-state index in [1.165, 1.54) is 116 Å². The summed E-state index contributed by atoms with van der Waals surface area (Å²) in [6.45, 7) is 6.86. The van der Waals surface area contributed by atoms with Crippen LogP contribution in [0.5, 0.6) is 0 Å². The Morgan fingerprint density at radius 1 is 0.458 bits per heavy atom. The monoisotopic (exact) mass is 358 g/mol. The van der Waals surface area contributed by atoms with E-state index < -0.39 is 0 Å². The molecule has 0 amide bonds. The van der Waals surface area contributed by atoms with Crippen LogP contribution in [0.1, 0.15) is 143 Å². The van der Waals surface area contributed by atoms with Crippen LogP contribution in [-0.2, 0) is 0 Å². The summed E-state index contributed by atoms with van der Waals surface area (Å²) in [6, 6.07) is 0. The summed E-state index contributed by atoms with van der Waals surface area (Å²) < 4.78 is 0. The van der Waals surface area contributed by atoms with Crippen LogP contribution in [0.3, 0.4) is 0 Å². The zero-order valence-electron chi connectivity index (χ0n) is 17.3.